The molecule has 0 saturated carbocycles. The molecule has 0 radical (unpaired) electrons. The zero-order chi connectivity index (χ0) is 35.5. The van der Waals surface area contributed by atoms with Crippen LogP contribution < -0.4 is 16.2 Å². The van der Waals surface area contributed by atoms with Crippen molar-refractivity contribution in [2.75, 3.05) is 13.9 Å². The van der Waals surface area contributed by atoms with E-state index >= 15 is 0 Å². The second-order valence-corrected chi connectivity index (χ2v) is 11.7. The minimum absolute atomic E-state index is 0.0683. The van der Waals surface area contributed by atoms with E-state index in [2.05, 4.69) is 25.5 Å². The van der Waals surface area contributed by atoms with E-state index in [1.165, 1.54) is 6.20 Å². The molecule has 0 aliphatic heterocycles. The normalized spacial score (nSPS) is 12.8. The number of benzene rings is 2. The van der Waals surface area contributed by atoms with Gasteiger partial charge >= 0.3 is 18.0 Å². The summed E-state index contributed by atoms with van der Waals surface area (Å²) >= 11 is 6.14. The molecular formula is C34H36ClN5O9. The molecular weight excluding hydrogens is 658 g/mol. The number of carbonyl (C=O) groups is 4. The van der Waals surface area contributed by atoms with Crippen molar-refractivity contribution in [1.82, 2.24) is 25.4 Å². The van der Waals surface area contributed by atoms with Gasteiger partial charge in [-0.3, -0.25) is 14.7 Å². The van der Waals surface area contributed by atoms with Crippen LogP contribution in [0.3, 0.4) is 0 Å². The third-order valence-corrected chi connectivity index (χ3v) is 7.57. The number of pyridine rings is 1. The summed E-state index contributed by atoms with van der Waals surface area (Å²) in [7, 11) is 1.14. The molecule has 0 fully saturated rings. The Labute approximate surface area is 286 Å². The van der Waals surface area contributed by atoms with Gasteiger partial charge < -0.3 is 30.0 Å². The van der Waals surface area contributed by atoms with E-state index in [1.807, 2.05) is 42.5 Å². The van der Waals surface area contributed by atoms with Gasteiger partial charge in [-0.25, -0.2) is 24.0 Å². The summed E-state index contributed by atoms with van der Waals surface area (Å²) in [6, 6.07) is 19.0. The van der Waals surface area contributed by atoms with Crippen LogP contribution in [0.1, 0.15) is 36.3 Å². The highest BCUT2D eigenvalue weighted by atomic mass is 35.5. The minimum Gasteiger partial charge on any atom is -0.453 e. The van der Waals surface area contributed by atoms with Crippen molar-refractivity contribution in [2.45, 2.75) is 44.9 Å². The number of carbonyl (C=O) groups excluding carboxylic acids is 4. The number of aromatic nitrogens is 3. The number of aliphatic hydroxyl groups excluding tert-OH is 1. The van der Waals surface area contributed by atoms with Gasteiger partial charge in [-0.05, 0) is 53.3 Å². The monoisotopic (exact) mass is 693 g/mol. The Kier molecular flexibility index (Phi) is 12.7. The number of aliphatic hydroxyl groups is 1. The highest BCUT2D eigenvalue weighted by Crippen LogP contribution is 2.23. The largest absolute Gasteiger partial charge is 0.453 e. The second-order valence-electron chi connectivity index (χ2n) is 11.3. The van der Waals surface area contributed by atoms with Crippen LogP contribution in [0.15, 0.2) is 83.8 Å². The minimum atomic E-state index is -1.74. The van der Waals surface area contributed by atoms with Crippen molar-refractivity contribution in [3.05, 3.63) is 106 Å². The van der Waals surface area contributed by atoms with Crippen molar-refractivity contribution < 1.29 is 38.5 Å². The van der Waals surface area contributed by atoms with Crippen molar-refractivity contribution in [2.24, 2.45) is 5.92 Å². The zero-order valence-corrected chi connectivity index (χ0v) is 27.7. The lowest BCUT2D eigenvalue weighted by atomic mass is 9.97. The van der Waals surface area contributed by atoms with Gasteiger partial charge in [-0.1, -0.05) is 67.9 Å². The lowest BCUT2D eigenvalue weighted by molar-refractivity contribution is -0.175. The summed E-state index contributed by atoms with van der Waals surface area (Å²) in [5.41, 5.74) is 1.99. The summed E-state index contributed by atoms with van der Waals surface area (Å²) in [5.74, 6) is -2.74. The summed E-state index contributed by atoms with van der Waals surface area (Å²) in [6.07, 6.45) is -1.19. The fourth-order valence-electron chi connectivity index (χ4n) is 4.79. The molecule has 0 spiro atoms. The summed E-state index contributed by atoms with van der Waals surface area (Å²) < 4.78 is 15.6. The number of hydrogen-bond acceptors (Lipinski definition) is 10. The Morgan fingerprint density at radius 3 is 2.33 bits per heavy atom. The van der Waals surface area contributed by atoms with Gasteiger partial charge in [0.25, 0.3) is 11.5 Å². The number of H-pyrrole nitrogens is 1. The summed E-state index contributed by atoms with van der Waals surface area (Å²) in [4.78, 5) is 66.7. The Morgan fingerprint density at radius 2 is 1.67 bits per heavy atom. The van der Waals surface area contributed by atoms with Crippen molar-refractivity contribution in [3.63, 3.8) is 0 Å². The molecule has 2 aromatic heterocycles. The standard InChI is InChI=1S/C34H36ClN5O9/c1-20(2)30(38-34(46)47-3)33(45)49-19-48-32(44)27(41)17-25(15-21-10-12-22(13-11-21)23-7-6-8-24(35)16-23)37-31(43)26-18-29(42)40(39-26)28-9-4-5-14-36-28/h4-14,16,18,20,25,27,30,39,41H,15,17,19H2,1-3H3,(H,37,43)(H,38,46)/t25-,27-,30+/m1/s1. The van der Waals surface area contributed by atoms with E-state index in [1.54, 1.807) is 38.1 Å². The van der Waals surface area contributed by atoms with Crippen LogP contribution >= 0.6 is 11.6 Å². The smallest absolute Gasteiger partial charge is 0.407 e. The maximum atomic E-state index is 13.3. The molecule has 4 rings (SSSR count). The molecule has 2 amide bonds. The van der Waals surface area contributed by atoms with Crippen LogP contribution in [0.2, 0.25) is 5.02 Å². The molecule has 3 atom stereocenters. The average molecular weight is 694 g/mol. The number of alkyl carbamates (subject to hydrolysis) is 1. The first-order valence-electron chi connectivity index (χ1n) is 15.2. The van der Waals surface area contributed by atoms with Gasteiger partial charge in [0.05, 0.1) is 7.11 Å². The highest BCUT2D eigenvalue weighted by molar-refractivity contribution is 6.30. The van der Waals surface area contributed by atoms with E-state index in [-0.39, 0.29) is 30.3 Å². The molecule has 15 heteroatoms. The van der Waals surface area contributed by atoms with Crippen molar-refractivity contribution >= 4 is 35.5 Å². The number of aromatic amines is 1. The number of methoxy groups -OCH3 is 1. The third-order valence-electron chi connectivity index (χ3n) is 7.33. The molecule has 14 nitrogen and oxygen atoms in total. The predicted octanol–water partition coefficient (Wildman–Crippen LogP) is 3.40. The SMILES string of the molecule is COC(=O)N[C@H](C(=O)OCOC(=O)[C@H](O)C[C@@H](Cc1ccc(-c2cccc(Cl)c2)cc1)NC(=O)c1cc(=O)n(-c2ccccn2)[nH]1)C(C)C. The zero-order valence-electron chi connectivity index (χ0n) is 26.9. The summed E-state index contributed by atoms with van der Waals surface area (Å²) in [6.45, 7) is 2.51. The quantitative estimate of drug-likeness (QED) is 0.112. The number of nitrogens with one attached hydrogen (secondary N) is 3. The molecule has 0 saturated heterocycles. The first-order valence-corrected chi connectivity index (χ1v) is 15.6. The van der Waals surface area contributed by atoms with Crippen LogP contribution in [0.4, 0.5) is 4.79 Å². The van der Waals surface area contributed by atoms with Crippen molar-refractivity contribution in [3.8, 4) is 16.9 Å². The van der Waals surface area contributed by atoms with E-state index in [0.717, 1.165) is 34.5 Å². The molecule has 4 aromatic rings. The maximum Gasteiger partial charge on any atom is 0.407 e. The summed E-state index contributed by atoms with van der Waals surface area (Å²) in [5, 5.41) is 19.2. The highest BCUT2D eigenvalue weighted by Gasteiger charge is 2.28. The molecule has 0 bridgehead atoms. The number of esters is 2. The second kappa shape index (κ2) is 17.1. The molecule has 4 N–H and O–H groups in total. The number of nitrogens with zero attached hydrogens (tertiary/aromatic N) is 2. The van der Waals surface area contributed by atoms with Gasteiger partial charge in [0, 0.05) is 29.7 Å². The first-order chi connectivity index (χ1) is 23.4. The van der Waals surface area contributed by atoms with Gasteiger partial charge in [0.1, 0.15) is 11.7 Å². The molecule has 2 heterocycles. The molecule has 0 unspecified atom stereocenters. The Morgan fingerprint density at radius 1 is 0.939 bits per heavy atom. The van der Waals surface area contributed by atoms with E-state index in [4.69, 9.17) is 21.1 Å². The fourth-order valence-corrected chi connectivity index (χ4v) is 4.98. The molecule has 0 aliphatic rings. The topological polar surface area (TPSA) is 191 Å². The van der Waals surface area contributed by atoms with Crippen LogP contribution in [0.25, 0.3) is 16.9 Å². The van der Waals surface area contributed by atoms with Crippen LogP contribution in [0, 0.1) is 5.92 Å². The van der Waals surface area contributed by atoms with Crippen LogP contribution in [-0.2, 0) is 30.2 Å². The van der Waals surface area contributed by atoms with Gasteiger partial charge in [0.15, 0.2) is 11.9 Å². The third kappa shape index (κ3) is 10.3. The number of hydrogen-bond donors (Lipinski definition) is 4. The number of rotatable bonds is 14. The Hall–Kier alpha value is -5.47. The van der Waals surface area contributed by atoms with Crippen molar-refractivity contribution in [1.29, 1.82) is 0 Å². The Bertz CT molecular complexity index is 1810. The lowest BCUT2D eigenvalue weighted by Crippen LogP contribution is -2.45. The van der Waals surface area contributed by atoms with Gasteiger partial charge in [-0.15, -0.1) is 0 Å². The molecule has 0 aliphatic carbocycles. The average Bonchev–Trinajstić information content (AvgIpc) is 3.49. The molecule has 49 heavy (non-hydrogen) atoms. The number of ether oxygens (including phenoxy) is 3. The van der Waals surface area contributed by atoms with E-state index in [9.17, 15) is 29.1 Å². The van der Waals surface area contributed by atoms with Crippen LogP contribution in [-0.4, -0.2) is 75.9 Å². The van der Waals surface area contributed by atoms with Gasteiger partial charge in [0.2, 0.25) is 6.79 Å². The van der Waals surface area contributed by atoms with Gasteiger partial charge in [-0.2, -0.15) is 0 Å². The van der Waals surface area contributed by atoms with E-state index < -0.39 is 54.5 Å². The first kappa shape index (κ1) is 36.4. The Balaban J connectivity index is 1.45. The lowest BCUT2D eigenvalue weighted by Gasteiger charge is -2.22. The fraction of sp³-hybridized carbons (Fsp3) is 0.294. The van der Waals surface area contributed by atoms with Crippen LogP contribution in [0.5, 0.6) is 0 Å². The maximum absolute atomic E-state index is 13.3. The number of halogens is 1. The molecule has 258 valence electrons. The number of amides is 2. The predicted molar refractivity (Wildman–Crippen MR) is 178 cm³/mol. The van der Waals surface area contributed by atoms with E-state index in [0.29, 0.717) is 5.02 Å². The molecule has 2 aromatic carbocycles.